The molecule has 0 radical (unpaired) electrons. The van der Waals surface area contributed by atoms with Gasteiger partial charge in [-0.2, -0.15) is 5.10 Å². The van der Waals surface area contributed by atoms with Gasteiger partial charge in [-0.3, -0.25) is 5.41 Å². The molecule has 0 aromatic heterocycles. The first-order valence-electron chi connectivity index (χ1n) is 4.79. The van der Waals surface area contributed by atoms with Crippen molar-refractivity contribution in [3.63, 3.8) is 0 Å². The molecule has 78 valence electrons. The third-order valence-corrected chi connectivity index (χ3v) is 2.35. The van der Waals surface area contributed by atoms with E-state index in [0.717, 1.165) is 38.1 Å². The second-order valence-corrected chi connectivity index (χ2v) is 3.29. The van der Waals surface area contributed by atoms with E-state index < -0.39 is 0 Å². The van der Waals surface area contributed by atoms with Crippen LogP contribution in [0.25, 0.3) is 0 Å². The molecular formula is C9H17N5. The highest BCUT2D eigenvalue weighted by molar-refractivity contribution is 5.86. The lowest BCUT2D eigenvalue weighted by Gasteiger charge is -2.31. The smallest absolute Gasteiger partial charge is 0.124 e. The molecule has 0 amide bonds. The molecule has 14 heavy (non-hydrogen) atoms. The van der Waals surface area contributed by atoms with E-state index in [9.17, 15) is 0 Å². The Morgan fingerprint density at radius 1 is 1.71 bits per heavy atom. The van der Waals surface area contributed by atoms with E-state index in [4.69, 9.17) is 5.41 Å². The summed E-state index contributed by atoms with van der Waals surface area (Å²) in [6.45, 7) is 7.35. The van der Waals surface area contributed by atoms with Gasteiger partial charge in [0.15, 0.2) is 0 Å². The van der Waals surface area contributed by atoms with Gasteiger partial charge in [0.2, 0.25) is 0 Å². The fourth-order valence-electron chi connectivity index (χ4n) is 1.68. The van der Waals surface area contributed by atoms with Crippen molar-refractivity contribution in [2.45, 2.75) is 25.8 Å². The van der Waals surface area contributed by atoms with Crippen molar-refractivity contribution in [2.75, 3.05) is 13.1 Å². The number of amidine groups is 1. The van der Waals surface area contributed by atoms with Crippen LogP contribution in [-0.4, -0.2) is 43.0 Å². The van der Waals surface area contributed by atoms with Crippen molar-refractivity contribution in [2.24, 2.45) is 10.1 Å². The second kappa shape index (κ2) is 5.49. The van der Waals surface area contributed by atoms with Crippen LogP contribution in [0.2, 0.25) is 0 Å². The molecular weight excluding hydrogens is 178 g/mol. The zero-order valence-electron chi connectivity index (χ0n) is 8.53. The maximum atomic E-state index is 6.90. The van der Waals surface area contributed by atoms with E-state index >= 15 is 0 Å². The summed E-state index contributed by atoms with van der Waals surface area (Å²) in [6, 6.07) is 0.324. The lowest BCUT2D eigenvalue weighted by atomic mass is 10.1. The number of hydrogen-bond acceptors (Lipinski definition) is 3. The van der Waals surface area contributed by atoms with Crippen LogP contribution < -0.4 is 5.32 Å². The average Bonchev–Trinajstić information content (AvgIpc) is 2.21. The average molecular weight is 195 g/mol. The number of piperidine rings is 1. The van der Waals surface area contributed by atoms with Gasteiger partial charge in [-0.15, -0.1) is 0 Å². The molecule has 1 aliphatic rings. The fourth-order valence-corrected chi connectivity index (χ4v) is 1.68. The van der Waals surface area contributed by atoms with E-state index in [1.807, 2.05) is 6.92 Å². The summed E-state index contributed by atoms with van der Waals surface area (Å²) in [5, 5.41) is 15.9. The van der Waals surface area contributed by atoms with Gasteiger partial charge in [-0.1, -0.05) is 0 Å². The number of nitrogens with one attached hydrogen (secondary N) is 2. The molecule has 0 spiro atoms. The third-order valence-electron chi connectivity index (χ3n) is 2.35. The van der Waals surface area contributed by atoms with E-state index in [2.05, 4.69) is 22.1 Å². The van der Waals surface area contributed by atoms with Crippen LogP contribution in [-0.2, 0) is 0 Å². The summed E-state index contributed by atoms with van der Waals surface area (Å²) in [6.07, 6.45) is 3.27. The predicted molar refractivity (Wildman–Crippen MR) is 59.2 cm³/mol. The zero-order chi connectivity index (χ0) is 10.4. The van der Waals surface area contributed by atoms with Gasteiger partial charge < -0.3 is 5.32 Å². The number of hydrogen-bond donors (Lipinski definition) is 2. The summed E-state index contributed by atoms with van der Waals surface area (Å²) in [4.78, 5) is 3.89. The topological polar surface area (TPSA) is 63.8 Å². The van der Waals surface area contributed by atoms with Crippen molar-refractivity contribution < 1.29 is 0 Å². The first-order chi connectivity index (χ1) is 6.79. The summed E-state index contributed by atoms with van der Waals surface area (Å²) in [5.41, 5.74) is 0. The van der Waals surface area contributed by atoms with E-state index in [1.54, 1.807) is 5.01 Å². The predicted octanol–water partition coefficient (Wildman–Crippen LogP) is 0.681. The fraction of sp³-hybridized carbons (Fsp3) is 0.667. The molecule has 1 heterocycles. The second-order valence-electron chi connectivity index (χ2n) is 3.29. The van der Waals surface area contributed by atoms with Crippen LogP contribution in [0.15, 0.2) is 10.1 Å². The summed E-state index contributed by atoms with van der Waals surface area (Å²) in [5.74, 6) is 0.726. The molecule has 0 aromatic carbocycles. The molecule has 1 saturated heterocycles. The molecule has 1 rings (SSSR count). The molecule has 0 aromatic rings. The lowest BCUT2D eigenvalue weighted by molar-refractivity contribution is 0.266. The standard InChI is InChI=1S/C9H17N5/c1-8(13-7-10)14(11-2)9-4-3-5-12-6-9/h7,9-10,12H,2-6H2,1H3/t9-/m1/s1. The highest BCUT2D eigenvalue weighted by Gasteiger charge is 2.20. The van der Waals surface area contributed by atoms with Crippen LogP contribution in [0.1, 0.15) is 19.8 Å². The Morgan fingerprint density at radius 3 is 3.00 bits per heavy atom. The number of aliphatic imine (C=N–C) groups is 1. The quantitative estimate of drug-likeness (QED) is 0.395. The zero-order valence-corrected chi connectivity index (χ0v) is 8.53. The monoisotopic (exact) mass is 195 g/mol. The molecule has 0 saturated carbocycles. The molecule has 2 N–H and O–H groups in total. The Hall–Kier alpha value is -1.23. The largest absolute Gasteiger partial charge is 0.315 e. The Morgan fingerprint density at radius 2 is 2.50 bits per heavy atom. The third kappa shape index (κ3) is 2.63. The highest BCUT2D eigenvalue weighted by Crippen LogP contribution is 2.11. The summed E-state index contributed by atoms with van der Waals surface area (Å²) in [7, 11) is 0. The lowest BCUT2D eigenvalue weighted by Crippen LogP contribution is -2.45. The van der Waals surface area contributed by atoms with Crippen LogP contribution >= 0.6 is 0 Å². The minimum atomic E-state index is 0.324. The van der Waals surface area contributed by atoms with Crippen LogP contribution in [0.5, 0.6) is 0 Å². The molecule has 0 aliphatic carbocycles. The summed E-state index contributed by atoms with van der Waals surface area (Å²) < 4.78 is 0. The van der Waals surface area contributed by atoms with Crippen molar-refractivity contribution in [1.29, 1.82) is 5.41 Å². The van der Waals surface area contributed by atoms with E-state index in [0.29, 0.717) is 6.04 Å². The van der Waals surface area contributed by atoms with Gasteiger partial charge >= 0.3 is 0 Å². The molecule has 0 unspecified atom stereocenters. The normalized spacial score (nSPS) is 22.9. The molecule has 1 aliphatic heterocycles. The Kier molecular flexibility index (Phi) is 4.25. The number of rotatable bonds is 3. The summed E-state index contributed by atoms with van der Waals surface area (Å²) >= 11 is 0. The number of nitrogens with zero attached hydrogens (tertiary/aromatic N) is 3. The Balaban J connectivity index is 2.64. The SMILES string of the molecule is C=NN(C(C)=NC=N)[C@@H]1CCCNC1. The van der Waals surface area contributed by atoms with Crippen molar-refractivity contribution in [1.82, 2.24) is 10.3 Å². The highest BCUT2D eigenvalue weighted by atomic mass is 15.5. The van der Waals surface area contributed by atoms with Crippen LogP contribution in [0.3, 0.4) is 0 Å². The first-order valence-corrected chi connectivity index (χ1v) is 4.79. The molecule has 1 atom stereocenters. The van der Waals surface area contributed by atoms with Gasteiger partial charge in [0, 0.05) is 13.3 Å². The maximum Gasteiger partial charge on any atom is 0.124 e. The van der Waals surface area contributed by atoms with Gasteiger partial charge in [0.25, 0.3) is 0 Å². The molecule has 5 nitrogen and oxygen atoms in total. The van der Waals surface area contributed by atoms with Crippen LogP contribution in [0.4, 0.5) is 0 Å². The van der Waals surface area contributed by atoms with Crippen molar-refractivity contribution >= 4 is 18.9 Å². The van der Waals surface area contributed by atoms with Gasteiger partial charge in [-0.05, 0) is 26.3 Å². The molecule has 0 bridgehead atoms. The maximum absolute atomic E-state index is 6.90. The van der Waals surface area contributed by atoms with Crippen LogP contribution in [0, 0.1) is 5.41 Å². The van der Waals surface area contributed by atoms with Crippen molar-refractivity contribution in [3.05, 3.63) is 0 Å². The molecule has 5 heteroatoms. The Labute approximate surface area is 84.4 Å². The van der Waals surface area contributed by atoms with Crippen molar-refractivity contribution in [3.8, 4) is 0 Å². The van der Waals surface area contributed by atoms with Gasteiger partial charge in [0.05, 0.1) is 6.04 Å². The van der Waals surface area contributed by atoms with Gasteiger partial charge in [0.1, 0.15) is 12.2 Å². The van der Waals surface area contributed by atoms with Gasteiger partial charge in [-0.25, -0.2) is 10.0 Å². The number of hydrazone groups is 1. The Bertz CT molecular complexity index is 229. The minimum absolute atomic E-state index is 0.324. The van der Waals surface area contributed by atoms with E-state index in [-0.39, 0.29) is 0 Å². The minimum Gasteiger partial charge on any atom is -0.315 e. The first kappa shape index (κ1) is 10.8. The molecule has 1 fully saturated rings. The van der Waals surface area contributed by atoms with E-state index in [1.165, 1.54) is 0 Å².